The molecule has 0 atom stereocenters. The van der Waals surface area contributed by atoms with Crippen LogP contribution in [0.1, 0.15) is 5.56 Å². The van der Waals surface area contributed by atoms with E-state index in [0.29, 0.717) is 5.69 Å². The second-order valence-electron chi connectivity index (χ2n) is 4.28. The fourth-order valence-electron chi connectivity index (χ4n) is 1.68. The molecule has 0 aliphatic carbocycles. The van der Waals surface area contributed by atoms with E-state index in [-0.39, 0.29) is 5.69 Å². The molecule has 0 spiro atoms. The van der Waals surface area contributed by atoms with E-state index in [1.807, 2.05) is 0 Å². The summed E-state index contributed by atoms with van der Waals surface area (Å²) in [5.41, 5.74) is -0.518. The Balaban J connectivity index is 2.12. The fourth-order valence-corrected chi connectivity index (χ4v) is 2.30. The van der Waals surface area contributed by atoms with Gasteiger partial charge in [0, 0.05) is 15.8 Å². The number of nitrogens with one attached hydrogen (secondary N) is 2. The van der Waals surface area contributed by atoms with Crippen molar-refractivity contribution in [3.63, 3.8) is 0 Å². The monoisotopic (exact) mass is 392 g/mol. The van der Waals surface area contributed by atoms with E-state index in [4.69, 9.17) is 11.6 Å². The molecule has 0 saturated heterocycles. The lowest BCUT2D eigenvalue weighted by molar-refractivity contribution is -0.137. The number of alkyl halides is 3. The summed E-state index contributed by atoms with van der Waals surface area (Å²) in [7, 11) is 0. The first-order chi connectivity index (χ1) is 10.3. The third-order valence-electron chi connectivity index (χ3n) is 2.61. The lowest BCUT2D eigenvalue weighted by atomic mass is 10.2. The van der Waals surface area contributed by atoms with E-state index in [0.717, 1.165) is 16.6 Å². The van der Waals surface area contributed by atoms with Gasteiger partial charge < -0.3 is 10.6 Å². The Labute approximate surface area is 137 Å². The van der Waals surface area contributed by atoms with Crippen LogP contribution in [0.25, 0.3) is 0 Å². The predicted octanol–water partition coefficient (Wildman–Crippen LogP) is 5.77. The van der Waals surface area contributed by atoms with Crippen molar-refractivity contribution in [3.05, 3.63) is 57.5 Å². The maximum Gasteiger partial charge on any atom is 0.417 e. The van der Waals surface area contributed by atoms with Crippen LogP contribution in [0.5, 0.6) is 0 Å². The molecule has 116 valence electrons. The van der Waals surface area contributed by atoms with Crippen molar-refractivity contribution in [2.45, 2.75) is 6.18 Å². The van der Waals surface area contributed by atoms with Crippen molar-refractivity contribution in [1.82, 2.24) is 0 Å². The third-order valence-corrected chi connectivity index (χ3v) is 3.43. The molecular weight excluding hydrogens is 385 g/mol. The van der Waals surface area contributed by atoms with Crippen LogP contribution in [-0.2, 0) is 6.18 Å². The van der Waals surface area contributed by atoms with Gasteiger partial charge in [0.1, 0.15) is 0 Å². The molecule has 2 aromatic carbocycles. The lowest BCUT2D eigenvalue weighted by Crippen LogP contribution is -2.19. The second kappa shape index (κ2) is 6.58. The Kier molecular flexibility index (Phi) is 4.97. The molecule has 22 heavy (non-hydrogen) atoms. The van der Waals surface area contributed by atoms with E-state index in [1.54, 1.807) is 24.3 Å². The summed E-state index contributed by atoms with van der Waals surface area (Å²) in [4.78, 5) is 11.8. The van der Waals surface area contributed by atoms with Crippen LogP contribution in [0, 0.1) is 0 Å². The first-order valence-corrected chi connectivity index (χ1v) is 7.13. The topological polar surface area (TPSA) is 41.1 Å². The lowest BCUT2D eigenvalue weighted by Gasteiger charge is -2.12. The summed E-state index contributed by atoms with van der Waals surface area (Å²) < 4.78 is 39.0. The highest BCUT2D eigenvalue weighted by Gasteiger charge is 2.33. The molecule has 0 radical (unpaired) electrons. The van der Waals surface area contributed by atoms with Crippen LogP contribution < -0.4 is 10.6 Å². The molecule has 8 heteroatoms. The predicted molar refractivity (Wildman–Crippen MR) is 83.2 cm³/mol. The van der Waals surface area contributed by atoms with Crippen LogP contribution in [-0.4, -0.2) is 6.03 Å². The number of urea groups is 1. The van der Waals surface area contributed by atoms with Gasteiger partial charge in [-0.1, -0.05) is 33.6 Å². The van der Waals surface area contributed by atoms with E-state index in [9.17, 15) is 18.0 Å². The van der Waals surface area contributed by atoms with E-state index in [2.05, 4.69) is 26.6 Å². The number of carbonyl (C=O) groups excluding carboxylic acids is 1. The van der Waals surface area contributed by atoms with Gasteiger partial charge in [-0.25, -0.2) is 4.79 Å². The van der Waals surface area contributed by atoms with Crippen molar-refractivity contribution in [3.8, 4) is 0 Å². The van der Waals surface area contributed by atoms with Gasteiger partial charge in [-0.2, -0.15) is 13.2 Å². The minimum atomic E-state index is -4.59. The Morgan fingerprint density at radius 2 is 1.68 bits per heavy atom. The number of halogens is 5. The standard InChI is InChI=1S/C14H9BrClF3N2O/c15-8-2-1-3-9(6-8)20-13(22)21-10-4-5-12(16)11(7-10)14(17,18)19/h1-7H,(H2,20,21,22). The van der Waals surface area contributed by atoms with Crippen molar-refractivity contribution in [1.29, 1.82) is 0 Å². The molecule has 0 heterocycles. The highest BCUT2D eigenvalue weighted by molar-refractivity contribution is 9.10. The first-order valence-electron chi connectivity index (χ1n) is 5.96. The molecule has 3 nitrogen and oxygen atoms in total. The number of carbonyl (C=O) groups is 1. The molecule has 0 aromatic heterocycles. The van der Waals surface area contributed by atoms with Crippen LogP contribution in [0.3, 0.4) is 0 Å². The average molecular weight is 394 g/mol. The number of benzene rings is 2. The van der Waals surface area contributed by atoms with Crippen molar-refractivity contribution in [2.75, 3.05) is 10.6 Å². The van der Waals surface area contributed by atoms with Crippen LogP contribution in [0.2, 0.25) is 5.02 Å². The van der Waals surface area contributed by atoms with Crippen LogP contribution >= 0.6 is 27.5 Å². The molecule has 2 amide bonds. The second-order valence-corrected chi connectivity index (χ2v) is 5.60. The highest BCUT2D eigenvalue weighted by Crippen LogP contribution is 2.36. The quantitative estimate of drug-likeness (QED) is 0.668. The number of rotatable bonds is 2. The SMILES string of the molecule is O=C(Nc1cccc(Br)c1)Nc1ccc(Cl)c(C(F)(F)F)c1. The van der Waals surface area contributed by atoms with Gasteiger partial charge in [0.2, 0.25) is 0 Å². The summed E-state index contributed by atoms with van der Waals surface area (Å²) in [6.45, 7) is 0. The van der Waals surface area contributed by atoms with Crippen LogP contribution in [0.15, 0.2) is 46.9 Å². The number of hydrogen-bond donors (Lipinski definition) is 2. The number of amides is 2. The Bertz CT molecular complexity index is 707. The molecular formula is C14H9BrClF3N2O. The minimum Gasteiger partial charge on any atom is -0.308 e. The highest BCUT2D eigenvalue weighted by atomic mass is 79.9. The van der Waals surface area contributed by atoms with Gasteiger partial charge in [-0.05, 0) is 36.4 Å². The summed E-state index contributed by atoms with van der Waals surface area (Å²) in [6, 6.07) is 9.28. The Morgan fingerprint density at radius 3 is 2.27 bits per heavy atom. The fraction of sp³-hybridized carbons (Fsp3) is 0.0714. The maximum absolute atomic E-state index is 12.7. The summed E-state index contributed by atoms with van der Waals surface area (Å²) in [6.07, 6.45) is -4.59. The maximum atomic E-state index is 12.7. The van der Waals surface area contributed by atoms with E-state index >= 15 is 0 Å². The van der Waals surface area contributed by atoms with Gasteiger partial charge in [0.25, 0.3) is 0 Å². The summed E-state index contributed by atoms with van der Waals surface area (Å²) in [5, 5.41) is 4.41. The first kappa shape index (κ1) is 16.6. The van der Waals surface area contributed by atoms with Gasteiger partial charge in [-0.15, -0.1) is 0 Å². The number of anilines is 2. The van der Waals surface area contributed by atoms with E-state index < -0.39 is 22.8 Å². The zero-order valence-corrected chi connectivity index (χ0v) is 13.2. The molecule has 0 aliphatic heterocycles. The zero-order chi connectivity index (χ0) is 16.3. The molecule has 0 bridgehead atoms. The van der Waals surface area contributed by atoms with Gasteiger partial charge in [0.15, 0.2) is 0 Å². The average Bonchev–Trinajstić information content (AvgIpc) is 2.39. The van der Waals surface area contributed by atoms with Crippen molar-refractivity contribution in [2.24, 2.45) is 0 Å². The van der Waals surface area contributed by atoms with E-state index in [1.165, 1.54) is 6.07 Å². The molecule has 0 fully saturated rings. The minimum absolute atomic E-state index is 0.00998. The molecule has 2 N–H and O–H groups in total. The Hall–Kier alpha value is -1.73. The van der Waals surface area contributed by atoms with Crippen molar-refractivity contribution >= 4 is 44.9 Å². The third kappa shape index (κ3) is 4.38. The smallest absolute Gasteiger partial charge is 0.308 e. The summed E-state index contributed by atoms with van der Waals surface area (Å²) >= 11 is 8.76. The normalized spacial score (nSPS) is 11.1. The number of hydrogen-bond acceptors (Lipinski definition) is 1. The van der Waals surface area contributed by atoms with Gasteiger partial charge in [0.05, 0.1) is 10.6 Å². The molecule has 0 saturated carbocycles. The van der Waals surface area contributed by atoms with Crippen molar-refractivity contribution < 1.29 is 18.0 Å². The molecule has 0 aliphatic rings. The largest absolute Gasteiger partial charge is 0.417 e. The van der Waals surface area contributed by atoms with Crippen LogP contribution in [0.4, 0.5) is 29.3 Å². The zero-order valence-electron chi connectivity index (χ0n) is 10.8. The summed E-state index contributed by atoms with van der Waals surface area (Å²) in [5.74, 6) is 0. The van der Waals surface area contributed by atoms with Gasteiger partial charge in [-0.3, -0.25) is 0 Å². The molecule has 0 unspecified atom stereocenters. The molecule has 2 rings (SSSR count). The molecule has 2 aromatic rings. The Morgan fingerprint density at radius 1 is 1.05 bits per heavy atom. The van der Waals surface area contributed by atoms with Gasteiger partial charge >= 0.3 is 12.2 Å².